The van der Waals surface area contributed by atoms with Crippen LogP contribution in [0.4, 0.5) is 10.5 Å². The number of nitrogens with zero attached hydrogens (tertiary/aromatic N) is 2. The Morgan fingerprint density at radius 3 is 2.73 bits per heavy atom. The van der Waals surface area contributed by atoms with Gasteiger partial charge in [0.15, 0.2) is 0 Å². The van der Waals surface area contributed by atoms with E-state index >= 15 is 0 Å². The van der Waals surface area contributed by atoms with Gasteiger partial charge in [-0.25, -0.2) is 4.79 Å². The van der Waals surface area contributed by atoms with Crippen LogP contribution in [0.5, 0.6) is 0 Å². The minimum Gasteiger partial charge on any atom is -0.340 e. The van der Waals surface area contributed by atoms with Crippen molar-refractivity contribution in [1.82, 2.24) is 9.80 Å². The van der Waals surface area contributed by atoms with Gasteiger partial charge in [-0.3, -0.25) is 4.79 Å². The molecule has 0 aliphatic carbocycles. The van der Waals surface area contributed by atoms with Crippen LogP contribution in [-0.2, 0) is 11.3 Å². The lowest BCUT2D eigenvalue weighted by atomic mass is 9.97. The van der Waals surface area contributed by atoms with Crippen molar-refractivity contribution in [3.63, 3.8) is 0 Å². The highest BCUT2D eigenvalue weighted by atomic mass is 35.5. The summed E-state index contributed by atoms with van der Waals surface area (Å²) < 4.78 is 0.724. The molecule has 5 nitrogen and oxygen atoms in total. The van der Waals surface area contributed by atoms with Crippen molar-refractivity contribution < 1.29 is 9.59 Å². The molecule has 1 aromatic heterocycles. The van der Waals surface area contributed by atoms with Gasteiger partial charge in [-0.05, 0) is 37.1 Å². The van der Waals surface area contributed by atoms with Crippen LogP contribution >= 0.6 is 22.9 Å². The molecule has 2 aromatic rings. The number of likely N-dealkylation sites (tertiary alicyclic amines) is 1. The number of amides is 3. The van der Waals surface area contributed by atoms with Crippen LogP contribution in [0.3, 0.4) is 0 Å². The first-order valence-corrected chi connectivity index (χ1v) is 9.82. The molecule has 1 unspecified atom stereocenters. The number of benzene rings is 1. The van der Waals surface area contributed by atoms with Gasteiger partial charge in [-0.15, -0.1) is 11.3 Å². The first-order chi connectivity index (χ1) is 12.5. The number of anilines is 1. The van der Waals surface area contributed by atoms with Gasteiger partial charge in [0, 0.05) is 30.7 Å². The Kier molecular flexibility index (Phi) is 6.16. The minimum atomic E-state index is -0.161. The van der Waals surface area contributed by atoms with Gasteiger partial charge in [0.1, 0.15) is 0 Å². The van der Waals surface area contributed by atoms with Crippen LogP contribution < -0.4 is 5.32 Å². The van der Waals surface area contributed by atoms with E-state index in [1.165, 1.54) is 11.3 Å². The molecule has 3 rings (SSSR count). The number of para-hydroxylation sites is 1. The zero-order chi connectivity index (χ0) is 18.5. The molecule has 3 amide bonds. The molecule has 1 aromatic carbocycles. The highest BCUT2D eigenvalue weighted by molar-refractivity contribution is 7.16. The molecule has 0 radical (unpaired) electrons. The molecule has 26 heavy (non-hydrogen) atoms. The third kappa shape index (κ3) is 4.77. The average molecular weight is 392 g/mol. The quantitative estimate of drug-likeness (QED) is 0.844. The fraction of sp³-hybridized carbons (Fsp3) is 0.368. The standard InChI is InChI=1S/C19H22ClN3O2S/c1-22(13-16-9-10-17(20)26-16)18(24)14-6-5-11-23(12-14)19(25)21-15-7-3-2-4-8-15/h2-4,7-10,14H,5-6,11-13H2,1H3,(H,21,25). The summed E-state index contributed by atoms with van der Waals surface area (Å²) in [4.78, 5) is 29.8. The van der Waals surface area contributed by atoms with Gasteiger partial charge < -0.3 is 15.1 Å². The molecule has 2 heterocycles. The number of hydrogen-bond acceptors (Lipinski definition) is 3. The van der Waals surface area contributed by atoms with E-state index in [0.29, 0.717) is 19.6 Å². The number of hydrogen-bond donors (Lipinski definition) is 1. The fourth-order valence-corrected chi connectivity index (χ4v) is 4.29. The van der Waals surface area contributed by atoms with Crippen molar-refractivity contribution in [2.45, 2.75) is 19.4 Å². The zero-order valence-corrected chi connectivity index (χ0v) is 16.2. The second-order valence-corrected chi connectivity index (χ2v) is 8.28. The number of carbonyl (C=O) groups is 2. The zero-order valence-electron chi connectivity index (χ0n) is 14.7. The lowest BCUT2D eigenvalue weighted by Gasteiger charge is -2.34. The summed E-state index contributed by atoms with van der Waals surface area (Å²) in [5.41, 5.74) is 0.762. The number of nitrogens with one attached hydrogen (secondary N) is 1. The number of urea groups is 1. The number of halogens is 1. The topological polar surface area (TPSA) is 52.7 Å². The number of thiophene rings is 1. The second-order valence-electron chi connectivity index (χ2n) is 6.48. The largest absolute Gasteiger partial charge is 0.340 e. The average Bonchev–Trinajstić information content (AvgIpc) is 3.06. The summed E-state index contributed by atoms with van der Waals surface area (Å²) in [5, 5.41) is 2.89. The van der Waals surface area contributed by atoms with E-state index in [-0.39, 0.29) is 17.9 Å². The summed E-state index contributed by atoms with van der Waals surface area (Å²) in [6.07, 6.45) is 1.64. The van der Waals surface area contributed by atoms with Crippen LogP contribution in [0.2, 0.25) is 4.34 Å². The molecule has 7 heteroatoms. The molecule has 1 saturated heterocycles. The van der Waals surface area contributed by atoms with Gasteiger partial charge in [0.25, 0.3) is 0 Å². The van der Waals surface area contributed by atoms with Crippen LogP contribution in [-0.4, -0.2) is 41.9 Å². The van der Waals surface area contributed by atoms with E-state index < -0.39 is 0 Å². The lowest BCUT2D eigenvalue weighted by Crippen LogP contribution is -2.47. The van der Waals surface area contributed by atoms with E-state index in [9.17, 15) is 9.59 Å². The molecule has 0 bridgehead atoms. The first-order valence-electron chi connectivity index (χ1n) is 8.63. The second kappa shape index (κ2) is 8.56. The Labute approximate surface area is 162 Å². The maximum atomic E-state index is 12.8. The summed E-state index contributed by atoms with van der Waals surface area (Å²) in [5.74, 6) is -0.0857. The molecular weight excluding hydrogens is 370 g/mol. The normalized spacial score (nSPS) is 17.0. The lowest BCUT2D eigenvalue weighted by molar-refractivity contribution is -0.136. The van der Waals surface area contributed by atoms with Gasteiger partial charge in [0.2, 0.25) is 5.91 Å². The predicted octanol–water partition coefficient (Wildman–Crippen LogP) is 4.30. The molecular formula is C19H22ClN3O2S. The van der Waals surface area contributed by atoms with E-state index in [2.05, 4.69) is 5.32 Å². The number of rotatable bonds is 4. The smallest absolute Gasteiger partial charge is 0.321 e. The molecule has 1 aliphatic rings. The van der Waals surface area contributed by atoms with Crippen LogP contribution in [0.1, 0.15) is 17.7 Å². The highest BCUT2D eigenvalue weighted by Gasteiger charge is 2.30. The van der Waals surface area contributed by atoms with Crippen molar-refractivity contribution in [2.75, 3.05) is 25.5 Å². The Morgan fingerprint density at radius 1 is 1.27 bits per heavy atom. The molecule has 0 spiro atoms. The van der Waals surface area contributed by atoms with Crippen LogP contribution in [0.15, 0.2) is 42.5 Å². The highest BCUT2D eigenvalue weighted by Crippen LogP contribution is 2.24. The minimum absolute atomic E-state index is 0.0757. The summed E-state index contributed by atoms with van der Waals surface area (Å²) in [6.45, 7) is 1.67. The monoisotopic (exact) mass is 391 g/mol. The molecule has 138 valence electrons. The summed E-state index contributed by atoms with van der Waals surface area (Å²) in [6, 6.07) is 13.0. The van der Waals surface area contributed by atoms with Crippen molar-refractivity contribution >= 4 is 40.6 Å². The maximum absolute atomic E-state index is 12.8. The van der Waals surface area contributed by atoms with E-state index in [1.54, 1.807) is 16.8 Å². The third-order valence-electron chi connectivity index (χ3n) is 4.48. The first kappa shape index (κ1) is 18.7. The van der Waals surface area contributed by atoms with Gasteiger partial charge >= 0.3 is 6.03 Å². The Hall–Kier alpha value is -2.05. The van der Waals surface area contributed by atoms with Gasteiger partial charge in [0.05, 0.1) is 16.8 Å². The van der Waals surface area contributed by atoms with Crippen LogP contribution in [0.25, 0.3) is 0 Å². The number of piperidine rings is 1. The molecule has 1 aliphatic heterocycles. The maximum Gasteiger partial charge on any atom is 0.321 e. The fourth-order valence-electron chi connectivity index (χ4n) is 3.15. The Bertz CT molecular complexity index is 765. The van der Waals surface area contributed by atoms with Gasteiger partial charge in [-0.2, -0.15) is 0 Å². The third-order valence-corrected chi connectivity index (χ3v) is 5.70. The van der Waals surface area contributed by atoms with Crippen LogP contribution in [0, 0.1) is 5.92 Å². The van der Waals surface area contributed by atoms with Crippen molar-refractivity contribution in [3.05, 3.63) is 51.7 Å². The predicted molar refractivity (Wildman–Crippen MR) is 106 cm³/mol. The molecule has 0 saturated carbocycles. The van der Waals surface area contributed by atoms with E-state index in [0.717, 1.165) is 27.7 Å². The Morgan fingerprint density at radius 2 is 2.04 bits per heavy atom. The van der Waals surface area contributed by atoms with Crippen molar-refractivity contribution in [1.29, 1.82) is 0 Å². The Balaban J connectivity index is 1.56. The molecule has 1 N–H and O–H groups in total. The van der Waals surface area contributed by atoms with E-state index in [1.807, 2.05) is 42.5 Å². The summed E-state index contributed by atoms with van der Waals surface area (Å²) in [7, 11) is 1.80. The van der Waals surface area contributed by atoms with E-state index in [4.69, 9.17) is 11.6 Å². The number of carbonyl (C=O) groups excluding carboxylic acids is 2. The summed E-state index contributed by atoms with van der Waals surface area (Å²) >= 11 is 7.44. The molecule has 1 fully saturated rings. The SMILES string of the molecule is CN(Cc1ccc(Cl)s1)C(=O)C1CCCN(C(=O)Nc2ccccc2)C1. The molecule has 1 atom stereocenters. The van der Waals surface area contributed by atoms with Crippen molar-refractivity contribution in [3.8, 4) is 0 Å². The van der Waals surface area contributed by atoms with Crippen molar-refractivity contribution in [2.24, 2.45) is 5.92 Å². The van der Waals surface area contributed by atoms with Gasteiger partial charge in [-0.1, -0.05) is 29.8 Å².